The van der Waals surface area contributed by atoms with Crippen LogP contribution in [-0.4, -0.2) is 16.8 Å². The molecule has 2 aromatic heterocycles. The Morgan fingerprint density at radius 2 is 1.73 bits per heavy atom. The molecule has 0 atom stereocenters. The topological polar surface area (TPSA) is 74.0 Å². The maximum atomic E-state index is 12.4. The minimum atomic E-state index is -0.328. The van der Waals surface area contributed by atoms with Crippen molar-refractivity contribution in [1.82, 2.24) is 15.8 Å². The van der Waals surface area contributed by atoms with Crippen LogP contribution in [0.3, 0.4) is 0 Å². The lowest BCUT2D eigenvalue weighted by Gasteiger charge is -2.07. The van der Waals surface area contributed by atoms with Gasteiger partial charge in [-0.1, -0.05) is 31.0 Å². The summed E-state index contributed by atoms with van der Waals surface area (Å²) in [7, 11) is 0. The van der Waals surface area contributed by atoms with Crippen molar-refractivity contribution in [2.75, 3.05) is 0 Å². The third-order valence-electron chi connectivity index (χ3n) is 4.84. The number of hydrazine groups is 1. The van der Waals surface area contributed by atoms with Gasteiger partial charge in [-0.25, -0.2) is 0 Å². The SMILES string of the molecule is O=C(NNC(=O)c1c[nH]c2ccccc12)c1cc2c(s1)CCCCCC2. The molecule has 0 unspecified atom stereocenters. The molecule has 0 saturated heterocycles. The van der Waals surface area contributed by atoms with Gasteiger partial charge in [-0.2, -0.15) is 0 Å². The summed E-state index contributed by atoms with van der Waals surface area (Å²) in [5, 5.41) is 0.832. The highest BCUT2D eigenvalue weighted by molar-refractivity contribution is 7.14. The number of hydrogen-bond donors (Lipinski definition) is 3. The molecule has 6 heteroatoms. The summed E-state index contributed by atoms with van der Waals surface area (Å²) >= 11 is 1.55. The predicted octanol–water partition coefficient (Wildman–Crippen LogP) is 3.96. The van der Waals surface area contributed by atoms with E-state index in [-0.39, 0.29) is 11.8 Å². The molecule has 0 aliphatic heterocycles. The molecule has 2 amide bonds. The van der Waals surface area contributed by atoms with Crippen molar-refractivity contribution in [2.24, 2.45) is 0 Å². The van der Waals surface area contributed by atoms with Crippen LogP contribution in [0.1, 0.15) is 56.2 Å². The molecule has 3 N–H and O–H groups in total. The fourth-order valence-electron chi connectivity index (χ4n) is 3.46. The van der Waals surface area contributed by atoms with Crippen molar-refractivity contribution >= 4 is 34.1 Å². The zero-order chi connectivity index (χ0) is 17.9. The van der Waals surface area contributed by atoms with E-state index in [0.29, 0.717) is 10.4 Å². The number of hydrogen-bond acceptors (Lipinski definition) is 3. The van der Waals surface area contributed by atoms with Crippen LogP contribution in [0.5, 0.6) is 0 Å². The molecule has 1 aliphatic rings. The second-order valence-electron chi connectivity index (χ2n) is 6.63. The van der Waals surface area contributed by atoms with Crippen molar-refractivity contribution in [3.63, 3.8) is 0 Å². The molecule has 5 nitrogen and oxygen atoms in total. The van der Waals surface area contributed by atoms with Crippen LogP contribution >= 0.6 is 11.3 Å². The van der Waals surface area contributed by atoms with E-state index in [1.807, 2.05) is 30.3 Å². The molecule has 2 heterocycles. The zero-order valence-corrected chi connectivity index (χ0v) is 15.2. The van der Waals surface area contributed by atoms with E-state index in [0.717, 1.165) is 23.7 Å². The minimum Gasteiger partial charge on any atom is -0.360 e. The molecule has 3 aromatic rings. The summed E-state index contributed by atoms with van der Waals surface area (Å²) in [6.07, 6.45) is 8.64. The summed E-state index contributed by atoms with van der Waals surface area (Å²) in [6, 6.07) is 9.56. The Balaban J connectivity index is 1.44. The first-order valence-corrected chi connectivity index (χ1v) is 9.82. The average molecular weight is 367 g/mol. The van der Waals surface area contributed by atoms with Gasteiger partial charge in [0, 0.05) is 22.0 Å². The first kappa shape index (κ1) is 16.8. The first-order chi connectivity index (χ1) is 12.7. The largest absolute Gasteiger partial charge is 0.360 e. The van der Waals surface area contributed by atoms with E-state index in [2.05, 4.69) is 15.8 Å². The van der Waals surface area contributed by atoms with E-state index in [1.165, 1.54) is 36.1 Å². The number of fused-ring (bicyclic) bond motifs is 2. The Bertz CT molecular complexity index is 932. The molecule has 1 aliphatic carbocycles. The van der Waals surface area contributed by atoms with Gasteiger partial charge in [0.25, 0.3) is 11.8 Å². The molecule has 0 fully saturated rings. The summed E-state index contributed by atoms with van der Waals surface area (Å²) in [6.45, 7) is 0. The Morgan fingerprint density at radius 1 is 0.962 bits per heavy atom. The van der Waals surface area contributed by atoms with E-state index < -0.39 is 0 Å². The van der Waals surface area contributed by atoms with Gasteiger partial charge in [-0.05, 0) is 43.4 Å². The van der Waals surface area contributed by atoms with Crippen LogP contribution in [0, 0.1) is 0 Å². The monoisotopic (exact) mass is 367 g/mol. The number of thiophene rings is 1. The molecule has 4 rings (SSSR count). The van der Waals surface area contributed by atoms with E-state index in [4.69, 9.17) is 0 Å². The maximum absolute atomic E-state index is 12.4. The van der Waals surface area contributed by atoms with Crippen molar-refractivity contribution in [3.05, 3.63) is 57.4 Å². The number of para-hydroxylation sites is 1. The van der Waals surface area contributed by atoms with Crippen molar-refractivity contribution < 1.29 is 9.59 Å². The second-order valence-corrected chi connectivity index (χ2v) is 7.77. The molecule has 134 valence electrons. The van der Waals surface area contributed by atoms with E-state index in [1.54, 1.807) is 17.5 Å². The van der Waals surface area contributed by atoms with Gasteiger partial charge >= 0.3 is 0 Å². The van der Waals surface area contributed by atoms with Crippen molar-refractivity contribution in [3.8, 4) is 0 Å². The fourth-order valence-corrected chi connectivity index (χ4v) is 4.61. The number of carbonyl (C=O) groups is 2. The molecule has 0 spiro atoms. The smallest absolute Gasteiger partial charge is 0.279 e. The standard InChI is InChI=1S/C20H21N3O2S/c24-19(15-12-21-16-9-6-5-8-14(15)16)22-23-20(25)18-11-13-7-3-1-2-4-10-17(13)26-18/h5-6,8-9,11-12,21H,1-4,7,10H2,(H,22,24)(H,23,25). The number of benzene rings is 1. The minimum absolute atomic E-state index is 0.255. The zero-order valence-electron chi connectivity index (χ0n) is 14.4. The van der Waals surface area contributed by atoms with Crippen molar-refractivity contribution in [1.29, 1.82) is 0 Å². The van der Waals surface area contributed by atoms with Crippen LogP contribution < -0.4 is 10.9 Å². The first-order valence-electron chi connectivity index (χ1n) is 9.01. The molecule has 26 heavy (non-hydrogen) atoms. The molecule has 0 saturated carbocycles. The number of aromatic nitrogens is 1. The quantitative estimate of drug-likeness (QED) is 0.600. The van der Waals surface area contributed by atoms with Gasteiger partial charge in [0.1, 0.15) is 0 Å². The summed E-state index contributed by atoms with van der Waals surface area (Å²) in [5.41, 5.74) is 7.78. The maximum Gasteiger partial charge on any atom is 0.279 e. The molecule has 0 radical (unpaired) electrons. The summed E-state index contributed by atoms with van der Waals surface area (Å²) < 4.78 is 0. The lowest BCUT2D eigenvalue weighted by atomic mass is 10.00. The lowest BCUT2D eigenvalue weighted by Crippen LogP contribution is -2.41. The number of aryl methyl sites for hydroxylation is 2. The van der Waals surface area contributed by atoms with Crippen LogP contribution in [0.15, 0.2) is 36.5 Å². The molecule has 1 aromatic carbocycles. The van der Waals surface area contributed by atoms with E-state index >= 15 is 0 Å². The fraction of sp³-hybridized carbons (Fsp3) is 0.300. The Hall–Kier alpha value is -2.60. The van der Waals surface area contributed by atoms with Gasteiger partial charge < -0.3 is 4.98 Å². The van der Waals surface area contributed by atoms with Gasteiger partial charge in [0.15, 0.2) is 0 Å². The average Bonchev–Trinajstić information content (AvgIpc) is 3.23. The molecular formula is C20H21N3O2S. The molecule has 0 bridgehead atoms. The highest BCUT2D eigenvalue weighted by Crippen LogP contribution is 2.28. The van der Waals surface area contributed by atoms with Crippen LogP contribution in [0.2, 0.25) is 0 Å². The highest BCUT2D eigenvalue weighted by Gasteiger charge is 2.17. The lowest BCUT2D eigenvalue weighted by molar-refractivity contribution is 0.0850. The Kier molecular flexibility index (Phi) is 4.75. The van der Waals surface area contributed by atoms with E-state index in [9.17, 15) is 9.59 Å². The molecular weight excluding hydrogens is 346 g/mol. The summed E-state index contributed by atoms with van der Waals surface area (Å²) in [4.78, 5) is 29.9. The van der Waals surface area contributed by atoms with Gasteiger partial charge in [0.05, 0.1) is 10.4 Å². The normalized spacial score (nSPS) is 14.3. The third kappa shape index (κ3) is 3.37. The number of nitrogens with one attached hydrogen (secondary N) is 3. The van der Waals surface area contributed by atoms with Crippen LogP contribution in [0.4, 0.5) is 0 Å². The Morgan fingerprint density at radius 3 is 2.62 bits per heavy atom. The van der Waals surface area contributed by atoms with Crippen molar-refractivity contribution in [2.45, 2.75) is 38.5 Å². The number of rotatable bonds is 2. The highest BCUT2D eigenvalue weighted by atomic mass is 32.1. The van der Waals surface area contributed by atoms with Gasteiger partial charge in [-0.3, -0.25) is 20.4 Å². The van der Waals surface area contributed by atoms with Gasteiger partial charge in [0.2, 0.25) is 0 Å². The number of H-pyrrole nitrogens is 1. The Labute approximate surface area is 155 Å². The summed E-state index contributed by atoms with van der Waals surface area (Å²) in [5.74, 6) is -0.583. The number of aromatic amines is 1. The third-order valence-corrected chi connectivity index (χ3v) is 6.08. The second kappa shape index (κ2) is 7.33. The predicted molar refractivity (Wildman–Crippen MR) is 103 cm³/mol. The van der Waals surface area contributed by atoms with Gasteiger partial charge in [-0.15, -0.1) is 11.3 Å². The van der Waals surface area contributed by atoms with Crippen LogP contribution in [-0.2, 0) is 12.8 Å². The van der Waals surface area contributed by atoms with Crippen LogP contribution in [0.25, 0.3) is 10.9 Å². The number of amides is 2. The number of carbonyl (C=O) groups excluding carboxylic acids is 2.